The zero-order valence-corrected chi connectivity index (χ0v) is 10.1. The molecule has 0 unspecified atom stereocenters. The van der Waals surface area contributed by atoms with Gasteiger partial charge in [-0.05, 0) is 20.5 Å². The first-order chi connectivity index (χ1) is 7.04. The summed E-state index contributed by atoms with van der Waals surface area (Å²) < 4.78 is 0. The van der Waals surface area contributed by atoms with Crippen LogP contribution in [0.5, 0.6) is 0 Å². The zero-order valence-electron chi connectivity index (χ0n) is 9.28. The van der Waals surface area contributed by atoms with Crippen molar-refractivity contribution in [2.24, 2.45) is 0 Å². The average molecular weight is 228 g/mol. The third-order valence-corrected chi connectivity index (χ3v) is 2.94. The van der Waals surface area contributed by atoms with Crippen molar-refractivity contribution in [1.82, 2.24) is 9.88 Å². The lowest BCUT2D eigenvalue weighted by molar-refractivity contribution is 0.0700. The Kier molecular flexibility index (Phi) is 4.23. The van der Waals surface area contributed by atoms with Gasteiger partial charge in [-0.1, -0.05) is 13.3 Å². The molecule has 0 spiro atoms. The number of carboxylic acid groups (broad SMARTS) is 1. The first kappa shape index (κ1) is 12.1. The minimum absolute atomic E-state index is 0.397. The summed E-state index contributed by atoms with van der Waals surface area (Å²) in [5, 5.41) is 9.87. The van der Waals surface area contributed by atoms with Gasteiger partial charge in [0.2, 0.25) is 0 Å². The summed E-state index contributed by atoms with van der Waals surface area (Å²) in [6.45, 7) is 2.73. The van der Waals surface area contributed by atoms with Crippen LogP contribution in [0.3, 0.4) is 0 Å². The quantitative estimate of drug-likeness (QED) is 0.835. The maximum absolute atomic E-state index is 11.0. The van der Waals surface area contributed by atoms with Crippen LogP contribution in [0.1, 0.15) is 33.7 Å². The lowest BCUT2D eigenvalue weighted by atomic mass is 10.2. The van der Waals surface area contributed by atoms with Crippen LogP contribution in [0.2, 0.25) is 0 Å². The van der Waals surface area contributed by atoms with Gasteiger partial charge in [-0.25, -0.2) is 9.78 Å². The normalized spacial score (nSPS) is 10.9. The second-order valence-electron chi connectivity index (χ2n) is 3.68. The van der Waals surface area contributed by atoms with E-state index in [2.05, 4.69) is 4.98 Å². The Hall–Kier alpha value is -0.940. The predicted molar refractivity (Wildman–Crippen MR) is 60.5 cm³/mol. The largest absolute Gasteiger partial charge is 0.477 e. The van der Waals surface area contributed by atoms with E-state index >= 15 is 0 Å². The molecule has 1 heterocycles. The molecular weight excluding hydrogens is 212 g/mol. The minimum atomic E-state index is -0.860. The monoisotopic (exact) mass is 228 g/mol. The number of carboxylic acids is 1. The van der Waals surface area contributed by atoms with E-state index in [0.717, 1.165) is 23.5 Å². The van der Waals surface area contributed by atoms with Gasteiger partial charge in [-0.2, -0.15) is 0 Å². The lowest BCUT2D eigenvalue weighted by Gasteiger charge is -2.04. The molecule has 1 aromatic rings. The highest BCUT2D eigenvalue weighted by Gasteiger charge is 2.16. The fraction of sp³-hybridized carbons (Fsp3) is 0.600. The van der Waals surface area contributed by atoms with Gasteiger partial charge < -0.3 is 10.0 Å². The van der Waals surface area contributed by atoms with Gasteiger partial charge in [0.05, 0.1) is 5.69 Å². The number of aryl methyl sites for hydroxylation is 1. The SMILES string of the molecule is CCCc1nc(CN(C)C)sc1C(=O)O. The number of thiazole rings is 1. The van der Waals surface area contributed by atoms with E-state index < -0.39 is 5.97 Å². The number of carbonyl (C=O) groups is 1. The van der Waals surface area contributed by atoms with Crippen LogP contribution >= 0.6 is 11.3 Å². The summed E-state index contributed by atoms with van der Waals surface area (Å²) in [5.41, 5.74) is 0.729. The second kappa shape index (κ2) is 5.23. The molecule has 0 aromatic carbocycles. The van der Waals surface area contributed by atoms with Gasteiger partial charge in [0.25, 0.3) is 0 Å². The summed E-state index contributed by atoms with van der Waals surface area (Å²) in [6.07, 6.45) is 1.66. The van der Waals surface area contributed by atoms with Crippen molar-refractivity contribution < 1.29 is 9.90 Å². The third kappa shape index (κ3) is 3.28. The average Bonchev–Trinajstić information content (AvgIpc) is 2.47. The molecule has 1 N–H and O–H groups in total. The van der Waals surface area contributed by atoms with Crippen molar-refractivity contribution in [3.8, 4) is 0 Å². The Balaban J connectivity index is 2.93. The van der Waals surface area contributed by atoms with Gasteiger partial charge in [0.15, 0.2) is 0 Å². The number of hydrogen-bond acceptors (Lipinski definition) is 4. The number of rotatable bonds is 5. The molecule has 0 aliphatic carbocycles. The molecule has 0 amide bonds. The Labute approximate surface area is 93.6 Å². The third-order valence-electron chi connectivity index (χ3n) is 1.87. The first-order valence-corrected chi connectivity index (χ1v) is 5.72. The fourth-order valence-electron chi connectivity index (χ4n) is 1.31. The summed E-state index contributed by atoms with van der Waals surface area (Å²) in [7, 11) is 3.89. The Morgan fingerprint density at radius 2 is 2.20 bits per heavy atom. The summed E-state index contributed by atoms with van der Waals surface area (Å²) in [4.78, 5) is 17.7. The molecule has 0 saturated heterocycles. The summed E-state index contributed by atoms with van der Waals surface area (Å²) in [6, 6.07) is 0. The molecule has 0 atom stereocenters. The van der Waals surface area contributed by atoms with Crippen molar-refractivity contribution >= 4 is 17.3 Å². The highest BCUT2D eigenvalue weighted by molar-refractivity contribution is 7.13. The predicted octanol–water partition coefficient (Wildman–Crippen LogP) is 1.86. The number of hydrogen-bond donors (Lipinski definition) is 1. The molecule has 15 heavy (non-hydrogen) atoms. The van der Waals surface area contributed by atoms with E-state index in [1.807, 2.05) is 25.9 Å². The maximum atomic E-state index is 11.0. The smallest absolute Gasteiger partial charge is 0.347 e. The van der Waals surface area contributed by atoms with E-state index in [9.17, 15) is 4.79 Å². The van der Waals surface area contributed by atoms with Crippen LogP contribution in [0, 0.1) is 0 Å². The summed E-state index contributed by atoms with van der Waals surface area (Å²) >= 11 is 1.28. The van der Waals surface area contributed by atoms with Crippen LogP contribution in [0.4, 0.5) is 0 Å². The van der Waals surface area contributed by atoms with Crippen molar-refractivity contribution in [1.29, 1.82) is 0 Å². The molecule has 84 valence electrons. The van der Waals surface area contributed by atoms with Gasteiger partial charge in [-0.3, -0.25) is 0 Å². The zero-order chi connectivity index (χ0) is 11.4. The Bertz CT molecular complexity index is 347. The highest BCUT2D eigenvalue weighted by Crippen LogP contribution is 2.20. The fourth-order valence-corrected chi connectivity index (χ4v) is 2.38. The van der Waals surface area contributed by atoms with E-state index in [4.69, 9.17) is 5.11 Å². The molecule has 1 aromatic heterocycles. The van der Waals surface area contributed by atoms with Crippen LogP contribution in [0.15, 0.2) is 0 Å². The number of aromatic carboxylic acids is 1. The van der Waals surface area contributed by atoms with Gasteiger partial charge in [0, 0.05) is 6.54 Å². The second-order valence-corrected chi connectivity index (χ2v) is 4.76. The molecule has 0 fully saturated rings. The van der Waals surface area contributed by atoms with E-state index in [0.29, 0.717) is 11.4 Å². The molecule has 0 aliphatic rings. The van der Waals surface area contributed by atoms with E-state index in [-0.39, 0.29) is 0 Å². The number of nitrogens with zero attached hydrogens (tertiary/aromatic N) is 2. The molecule has 0 bridgehead atoms. The standard InChI is InChI=1S/C10H16N2O2S/c1-4-5-7-9(10(13)14)15-8(11-7)6-12(2)3/h4-6H2,1-3H3,(H,13,14). The van der Waals surface area contributed by atoms with Gasteiger partial charge >= 0.3 is 5.97 Å². The Morgan fingerprint density at radius 3 is 2.67 bits per heavy atom. The van der Waals surface area contributed by atoms with Gasteiger partial charge in [-0.15, -0.1) is 11.3 Å². The summed E-state index contributed by atoms with van der Waals surface area (Å²) in [5.74, 6) is -0.860. The van der Waals surface area contributed by atoms with Crippen molar-refractivity contribution in [2.45, 2.75) is 26.3 Å². The highest BCUT2D eigenvalue weighted by atomic mass is 32.1. The van der Waals surface area contributed by atoms with Crippen LogP contribution in [-0.2, 0) is 13.0 Å². The molecule has 0 saturated carbocycles. The first-order valence-electron chi connectivity index (χ1n) is 4.91. The Morgan fingerprint density at radius 1 is 1.53 bits per heavy atom. The van der Waals surface area contributed by atoms with Gasteiger partial charge in [0.1, 0.15) is 9.88 Å². The van der Waals surface area contributed by atoms with Crippen molar-refractivity contribution in [2.75, 3.05) is 14.1 Å². The molecule has 5 heteroatoms. The molecule has 0 aliphatic heterocycles. The van der Waals surface area contributed by atoms with Crippen molar-refractivity contribution in [3.63, 3.8) is 0 Å². The van der Waals surface area contributed by atoms with Crippen LogP contribution < -0.4 is 0 Å². The van der Waals surface area contributed by atoms with E-state index in [1.165, 1.54) is 11.3 Å². The molecule has 0 radical (unpaired) electrons. The lowest BCUT2D eigenvalue weighted by Crippen LogP contribution is -2.10. The topological polar surface area (TPSA) is 53.4 Å². The minimum Gasteiger partial charge on any atom is -0.477 e. The molecular formula is C10H16N2O2S. The molecule has 4 nitrogen and oxygen atoms in total. The maximum Gasteiger partial charge on any atom is 0.347 e. The molecule has 1 rings (SSSR count). The van der Waals surface area contributed by atoms with E-state index in [1.54, 1.807) is 0 Å². The van der Waals surface area contributed by atoms with Crippen LogP contribution in [-0.4, -0.2) is 35.1 Å². The number of aromatic nitrogens is 1. The van der Waals surface area contributed by atoms with Crippen molar-refractivity contribution in [3.05, 3.63) is 15.6 Å². The van der Waals surface area contributed by atoms with Crippen LogP contribution in [0.25, 0.3) is 0 Å².